The minimum absolute atomic E-state index is 0.258. The van der Waals surface area contributed by atoms with Crippen LogP contribution in [0.15, 0.2) is 36.5 Å². The van der Waals surface area contributed by atoms with Gasteiger partial charge in [0.25, 0.3) is 0 Å². The Morgan fingerprint density at radius 2 is 2.12 bits per heavy atom. The summed E-state index contributed by atoms with van der Waals surface area (Å²) in [6.45, 7) is 6.83. The van der Waals surface area contributed by atoms with E-state index in [1.807, 2.05) is 26.8 Å². The molecule has 2 aromatic rings. The second-order valence-electron chi connectivity index (χ2n) is 7.35. The monoisotopic (exact) mass is 358 g/mol. The van der Waals surface area contributed by atoms with Gasteiger partial charge in [0.05, 0.1) is 12.7 Å². The molecule has 0 saturated carbocycles. The van der Waals surface area contributed by atoms with Crippen molar-refractivity contribution < 1.29 is 18.7 Å². The van der Waals surface area contributed by atoms with E-state index in [0.717, 1.165) is 16.8 Å². The second-order valence-corrected chi connectivity index (χ2v) is 7.35. The number of benzene rings is 1. The molecule has 0 spiro atoms. The zero-order valence-corrected chi connectivity index (χ0v) is 15.3. The summed E-state index contributed by atoms with van der Waals surface area (Å²) in [5.74, 6) is 0.307. The van der Waals surface area contributed by atoms with Gasteiger partial charge in [-0.2, -0.15) is 0 Å². The Balaban J connectivity index is 1.66. The van der Waals surface area contributed by atoms with Crippen LogP contribution in [0, 0.1) is 5.82 Å². The van der Waals surface area contributed by atoms with E-state index in [-0.39, 0.29) is 18.5 Å². The summed E-state index contributed by atoms with van der Waals surface area (Å²) in [6.07, 6.45) is 2.02. The fourth-order valence-electron chi connectivity index (χ4n) is 2.76. The van der Waals surface area contributed by atoms with Gasteiger partial charge >= 0.3 is 6.09 Å². The molecule has 0 bridgehead atoms. The highest BCUT2D eigenvalue weighted by Gasteiger charge is 2.26. The zero-order valence-electron chi connectivity index (χ0n) is 15.3. The third-order valence-corrected chi connectivity index (χ3v) is 3.96. The van der Waals surface area contributed by atoms with Crippen LogP contribution in [0.4, 0.5) is 9.18 Å². The molecule has 0 radical (unpaired) electrons. The number of halogens is 1. The number of hydrogen-bond donors (Lipinski definition) is 0. The van der Waals surface area contributed by atoms with Gasteiger partial charge in [-0.1, -0.05) is 12.1 Å². The van der Waals surface area contributed by atoms with Crippen molar-refractivity contribution in [1.82, 2.24) is 9.88 Å². The normalized spacial score (nSPS) is 13.9. The van der Waals surface area contributed by atoms with Crippen molar-refractivity contribution in [3.8, 4) is 5.75 Å². The summed E-state index contributed by atoms with van der Waals surface area (Å²) in [7, 11) is 0. The highest BCUT2D eigenvalue weighted by Crippen LogP contribution is 2.23. The average Bonchev–Trinajstić information content (AvgIpc) is 2.58. The molecule has 0 saturated heterocycles. The summed E-state index contributed by atoms with van der Waals surface area (Å²) >= 11 is 0. The highest BCUT2D eigenvalue weighted by atomic mass is 19.1. The number of ether oxygens (including phenoxy) is 2. The zero-order chi connectivity index (χ0) is 18.7. The van der Waals surface area contributed by atoms with E-state index in [4.69, 9.17) is 9.47 Å². The Hall–Kier alpha value is -2.63. The number of aromatic nitrogens is 1. The minimum atomic E-state index is -0.522. The first-order chi connectivity index (χ1) is 12.3. The maximum absolute atomic E-state index is 13.2. The summed E-state index contributed by atoms with van der Waals surface area (Å²) in [5.41, 5.74) is 2.13. The Morgan fingerprint density at radius 3 is 2.85 bits per heavy atom. The molecule has 2 heterocycles. The highest BCUT2D eigenvalue weighted by molar-refractivity contribution is 5.68. The largest absolute Gasteiger partial charge is 0.487 e. The van der Waals surface area contributed by atoms with Gasteiger partial charge in [-0.3, -0.25) is 4.98 Å². The number of nitrogens with zero attached hydrogens (tertiary/aromatic N) is 2. The molecule has 1 aromatic heterocycles. The molecule has 0 N–H and O–H groups in total. The number of hydrogen-bond acceptors (Lipinski definition) is 4. The van der Waals surface area contributed by atoms with E-state index in [1.54, 1.807) is 23.2 Å². The summed E-state index contributed by atoms with van der Waals surface area (Å²) < 4.78 is 24.4. The van der Waals surface area contributed by atoms with Crippen LogP contribution < -0.4 is 4.74 Å². The first-order valence-corrected chi connectivity index (χ1v) is 8.63. The molecule has 0 unspecified atom stereocenters. The molecule has 0 aliphatic carbocycles. The number of carbonyl (C=O) groups excluding carboxylic acids is 1. The predicted molar refractivity (Wildman–Crippen MR) is 95.3 cm³/mol. The van der Waals surface area contributed by atoms with Crippen LogP contribution >= 0.6 is 0 Å². The summed E-state index contributed by atoms with van der Waals surface area (Å²) in [4.78, 5) is 18.4. The molecule has 1 aromatic carbocycles. The third-order valence-electron chi connectivity index (χ3n) is 3.96. The van der Waals surface area contributed by atoms with Gasteiger partial charge in [0.1, 0.15) is 23.8 Å². The fourth-order valence-corrected chi connectivity index (χ4v) is 2.76. The molecule has 26 heavy (non-hydrogen) atoms. The standard InChI is InChI=1S/C20H23FN2O3/c1-20(2,3)26-19(24)23-8-7-18-15(12-23)10-17(11-22-18)25-13-14-5-4-6-16(21)9-14/h4-6,9-11H,7-8,12-13H2,1-3H3. The van der Waals surface area contributed by atoms with Crippen molar-refractivity contribution in [2.45, 2.75) is 45.9 Å². The van der Waals surface area contributed by atoms with E-state index >= 15 is 0 Å². The maximum Gasteiger partial charge on any atom is 0.410 e. The van der Waals surface area contributed by atoms with Crippen molar-refractivity contribution in [2.75, 3.05) is 6.54 Å². The van der Waals surface area contributed by atoms with E-state index < -0.39 is 5.60 Å². The first kappa shape index (κ1) is 18.2. The maximum atomic E-state index is 13.2. The molecule has 3 rings (SSSR count). The Kier molecular flexibility index (Phi) is 5.11. The molecule has 0 atom stereocenters. The molecule has 1 amide bonds. The Labute approximate surface area is 152 Å². The second kappa shape index (κ2) is 7.32. The Bertz CT molecular complexity index is 802. The van der Waals surface area contributed by atoms with E-state index in [2.05, 4.69) is 4.98 Å². The summed E-state index contributed by atoms with van der Waals surface area (Å²) in [6, 6.07) is 8.18. The van der Waals surface area contributed by atoms with Gasteiger partial charge in [0.2, 0.25) is 0 Å². The van der Waals surface area contributed by atoms with Crippen LogP contribution in [-0.2, 0) is 24.3 Å². The van der Waals surface area contributed by atoms with Crippen LogP contribution in [0.3, 0.4) is 0 Å². The number of amides is 1. The van der Waals surface area contributed by atoms with Crippen LogP contribution in [0.25, 0.3) is 0 Å². The van der Waals surface area contributed by atoms with Gasteiger partial charge in [-0.25, -0.2) is 9.18 Å². The van der Waals surface area contributed by atoms with Gasteiger partial charge in [0.15, 0.2) is 0 Å². The van der Waals surface area contributed by atoms with Crippen LogP contribution in [0.2, 0.25) is 0 Å². The lowest BCUT2D eigenvalue weighted by molar-refractivity contribution is 0.0222. The topological polar surface area (TPSA) is 51.7 Å². The molecule has 0 fully saturated rings. The molecule has 1 aliphatic rings. The lowest BCUT2D eigenvalue weighted by atomic mass is 10.1. The van der Waals surface area contributed by atoms with Crippen molar-refractivity contribution >= 4 is 6.09 Å². The van der Waals surface area contributed by atoms with Crippen LogP contribution in [0.5, 0.6) is 5.75 Å². The number of pyridine rings is 1. The van der Waals surface area contributed by atoms with Crippen molar-refractivity contribution in [1.29, 1.82) is 0 Å². The smallest absolute Gasteiger partial charge is 0.410 e. The van der Waals surface area contributed by atoms with Gasteiger partial charge in [0, 0.05) is 18.7 Å². The first-order valence-electron chi connectivity index (χ1n) is 8.63. The molecule has 138 valence electrons. The third kappa shape index (κ3) is 4.71. The SMILES string of the molecule is CC(C)(C)OC(=O)N1CCc2ncc(OCc3cccc(F)c3)cc2C1. The van der Waals surface area contributed by atoms with Gasteiger partial charge in [-0.05, 0) is 50.1 Å². The average molecular weight is 358 g/mol. The number of fused-ring (bicyclic) bond motifs is 1. The van der Waals surface area contributed by atoms with Crippen LogP contribution in [-0.4, -0.2) is 28.1 Å². The minimum Gasteiger partial charge on any atom is -0.487 e. The van der Waals surface area contributed by atoms with Gasteiger partial charge < -0.3 is 14.4 Å². The fraction of sp³-hybridized carbons (Fsp3) is 0.400. The summed E-state index contributed by atoms with van der Waals surface area (Å²) in [5, 5.41) is 0. The van der Waals surface area contributed by atoms with Crippen molar-refractivity contribution in [2.24, 2.45) is 0 Å². The van der Waals surface area contributed by atoms with E-state index in [1.165, 1.54) is 12.1 Å². The van der Waals surface area contributed by atoms with Crippen molar-refractivity contribution in [3.05, 3.63) is 59.2 Å². The van der Waals surface area contributed by atoms with Gasteiger partial charge in [-0.15, -0.1) is 0 Å². The molecule has 6 heteroatoms. The van der Waals surface area contributed by atoms with Crippen molar-refractivity contribution in [3.63, 3.8) is 0 Å². The lowest BCUT2D eigenvalue weighted by Crippen LogP contribution is -2.40. The Morgan fingerprint density at radius 1 is 1.31 bits per heavy atom. The molecule has 1 aliphatic heterocycles. The predicted octanol–water partition coefficient (Wildman–Crippen LogP) is 4.09. The van der Waals surface area contributed by atoms with E-state index in [9.17, 15) is 9.18 Å². The molecular weight excluding hydrogens is 335 g/mol. The number of rotatable bonds is 3. The quantitative estimate of drug-likeness (QED) is 0.829. The molecular formula is C20H23FN2O3. The van der Waals surface area contributed by atoms with Crippen LogP contribution in [0.1, 0.15) is 37.6 Å². The molecule has 5 nitrogen and oxygen atoms in total. The lowest BCUT2D eigenvalue weighted by Gasteiger charge is -2.30. The number of carbonyl (C=O) groups is 1. The van der Waals surface area contributed by atoms with E-state index in [0.29, 0.717) is 25.3 Å².